The van der Waals surface area contributed by atoms with Crippen molar-refractivity contribution >= 4 is 5.97 Å². The lowest BCUT2D eigenvalue weighted by molar-refractivity contribution is -0.139. The third kappa shape index (κ3) is 5.29. The van der Waals surface area contributed by atoms with Gasteiger partial charge in [-0.15, -0.1) is 0 Å². The molecule has 100 valence electrons. The van der Waals surface area contributed by atoms with Crippen LogP contribution in [-0.4, -0.2) is 18.7 Å². The smallest absolute Gasteiger partial charge is 0.309 e. The highest BCUT2D eigenvalue weighted by molar-refractivity contribution is 5.72. The molecule has 1 aromatic carbocycles. The van der Waals surface area contributed by atoms with Gasteiger partial charge in [0.05, 0.1) is 19.1 Å². The maximum atomic E-state index is 11.3. The third-order valence-corrected chi connectivity index (χ3v) is 2.32. The van der Waals surface area contributed by atoms with Crippen LogP contribution in [0.2, 0.25) is 0 Å². The maximum absolute atomic E-state index is 11.3. The van der Waals surface area contributed by atoms with Crippen molar-refractivity contribution in [3.63, 3.8) is 0 Å². The van der Waals surface area contributed by atoms with Crippen molar-refractivity contribution in [2.75, 3.05) is 7.11 Å². The van der Waals surface area contributed by atoms with E-state index >= 15 is 0 Å². The first-order valence-corrected chi connectivity index (χ1v) is 5.97. The van der Waals surface area contributed by atoms with Crippen LogP contribution in [0.5, 0.6) is 0 Å². The van der Waals surface area contributed by atoms with Gasteiger partial charge in [-0.1, -0.05) is 24.3 Å². The molecule has 0 atom stereocenters. The van der Waals surface area contributed by atoms with Crippen LogP contribution < -0.4 is 5.48 Å². The standard InChI is InChI=1S/C14H21NO3/c1-14(2,3)18-15-10-12-8-6-5-7-11(12)9-13(16)17-4/h5-8,15H,9-10H2,1-4H3. The molecule has 0 spiro atoms. The zero-order chi connectivity index (χ0) is 13.6. The number of rotatable bonds is 5. The molecule has 4 nitrogen and oxygen atoms in total. The first-order chi connectivity index (χ1) is 8.42. The Labute approximate surface area is 108 Å². The highest BCUT2D eigenvalue weighted by Crippen LogP contribution is 2.11. The molecule has 4 heteroatoms. The molecular formula is C14H21NO3. The average molecular weight is 251 g/mol. The molecule has 18 heavy (non-hydrogen) atoms. The second-order valence-electron chi connectivity index (χ2n) is 5.06. The van der Waals surface area contributed by atoms with E-state index in [2.05, 4.69) is 10.2 Å². The van der Waals surface area contributed by atoms with Gasteiger partial charge < -0.3 is 4.74 Å². The van der Waals surface area contributed by atoms with Gasteiger partial charge in [0, 0.05) is 6.54 Å². The fourth-order valence-electron chi connectivity index (χ4n) is 1.46. The van der Waals surface area contributed by atoms with Crippen molar-refractivity contribution in [3.8, 4) is 0 Å². The van der Waals surface area contributed by atoms with E-state index in [1.165, 1.54) is 7.11 Å². The fraction of sp³-hybridized carbons (Fsp3) is 0.500. The first kappa shape index (κ1) is 14.7. The molecule has 0 aliphatic carbocycles. The number of methoxy groups -OCH3 is 1. The van der Waals surface area contributed by atoms with Crippen LogP contribution in [0.15, 0.2) is 24.3 Å². The van der Waals surface area contributed by atoms with Crippen molar-refractivity contribution in [2.45, 2.75) is 39.3 Å². The molecule has 0 aliphatic rings. The van der Waals surface area contributed by atoms with Gasteiger partial charge in [-0.2, -0.15) is 5.48 Å². The molecule has 0 heterocycles. The number of hydroxylamine groups is 1. The van der Waals surface area contributed by atoms with Crippen LogP contribution in [0.4, 0.5) is 0 Å². The van der Waals surface area contributed by atoms with Gasteiger partial charge >= 0.3 is 5.97 Å². The summed E-state index contributed by atoms with van der Waals surface area (Å²) in [6.07, 6.45) is 0.282. The lowest BCUT2D eigenvalue weighted by Gasteiger charge is -2.20. The van der Waals surface area contributed by atoms with Gasteiger partial charge in [-0.3, -0.25) is 9.63 Å². The Morgan fingerprint density at radius 1 is 1.22 bits per heavy atom. The van der Waals surface area contributed by atoms with Crippen molar-refractivity contribution < 1.29 is 14.4 Å². The summed E-state index contributed by atoms with van der Waals surface area (Å²) < 4.78 is 4.68. The lowest BCUT2D eigenvalue weighted by Crippen LogP contribution is -2.29. The highest BCUT2D eigenvalue weighted by Gasteiger charge is 2.11. The summed E-state index contributed by atoms with van der Waals surface area (Å²) in [6, 6.07) is 7.74. The van der Waals surface area contributed by atoms with Gasteiger partial charge in [0.2, 0.25) is 0 Å². The maximum Gasteiger partial charge on any atom is 0.309 e. The molecule has 0 aliphatic heterocycles. The lowest BCUT2D eigenvalue weighted by atomic mass is 10.0. The monoisotopic (exact) mass is 251 g/mol. The molecule has 0 saturated heterocycles. The Morgan fingerprint density at radius 2 is 1.83 bits per heavy atom. The topological polar surface area (TPSA) is 47.6 Å². The molecule has 1 aromatic rings. The second kappa shape index (κ2) is 6.52. The van der Waals surface area contributed by atoms with Gasteiger partial charge in [0.15, 0.2) is 0 Å². The normalized spacial score (nSPS) is 11.3. The Hall–Kier alpha value is -1.39. The molecule has 0 fully saturated rings. The number of ether oxygens (including phenoxy) is 1. The molecule has 0 aromatic heterocycles. The number of nitrogens with one attached hydrogen (secondary N) is 1. The van der Waals surface area contributed by atoms with Gasteiger partial charge in [-0.05, 0) is 31.9 Å². The molecule has 1 rings (SSSR count). The van der Waals surface area contributed by atoms with Crippen molar-refractivity contribution in [1.29, 1.82) is 0 Å². The number of hydrogen-bond acceptors (Lipinski definition) is 4. The molecule has 0 bridgehead atoms. The predicted molar refractivity (Wildman–Crippen MR) is 69.8 cm³/mol. The fourth-order valence-corrected chi connectivity index (χ4v) is 1.46. The summed E-state index contributed by atoms with van der Waals surface area (Å²) in [5.41, 5.74) is 4.67. The summed E-state index contributed by atoms with van der Waals surface area (Å²) in [6.45, 7) is 6.48. The largest absolute Gasteiger partial charge is 0.469 e. The highest BCUT2D eigenvalue weighted by atomic mass is 16.7. The summed E-state index contributed by atoms with van der Waals surface area (Å²) in [4.78, 5) is 16.7. The average Bonchev–Trinajstić information content (AvgIpc) is 2.29. The molecule has 0 saturated carbocycles. The summed E-state index contributed by atoms with van der Waals surface area (Å²) in [7, 11) is 1.39. The van der Waals surface area contributed by atoms with Gasteiger partial charge in [0.1, 0.15) is 0 Å². The zero-order valence-corrected chi connectivity index (χ0v) is 11.4. The Kier molecular flexibility index (Phi) is 5.31. The van der Waals surface area contributed by atoms with E-state index in [9.17, 15) is 4.79 Å². The minimum Gasteiger partial charge on any atom is -0.469 e. The summed E-state index contributed by atoms with van der Waals surface area (Å²) in [5, 5.41) is 0. The van der Waals surface area contributed by atoms with Crippen LogP contribution in [0, 0.1) is 0 Å². The van der Waals surface area contributed by atoms with E-state index in [-0.39, 0.29) is 18.0 Å². The SMILES string of the molecule is COC(=O)Cc1ccccc1CNOC(C)(C)C. The minimum atomic E-state index is -0.239. The molecule has 0 radical (unpaired) electrons. The van der Waals surface area contributed by atoms with E-state index < -0.39 is 0 Å². The van der Waals surface area contributed by atoms with Crippen LogP contribution in [-0.2, 0) is 27.3 Å². The molecule has 0 unspecified atom stereocenters. The zero-order valence-electron chi connectivity index (χ0n) is 11.4. The number of esters is 1. The summed E-state index contributed by atoms with van der Waals surface area (Å²) >= 11 is 0. The third-order valence-electron chi connectivity index (χ3n) is 2.32. The number of benzene rings is 1. The van der Waals surface area contributed by atoms with E-state index in [1.54, 1.807) is 0 Å². The number of hydrogen-bond donors (Lipinski definition) is 1. The predicted octanol–water partition coefficient (Wildman–Crippen LogP) is 2.22. The first-order valence-electron chi connectivity index (χ1n) is 5.97. The van der Waals surface area contributed by atoms with Crippen LogP contribution in [0.25, 0.3) is 0 Å². The van der Waals surface area contributed by atoms with Crippen LogP contribution in [0.3, 0.4) is 0 Å². The number of carbonyl (C=O) groups is 1. The van der Waals surface area contributed by atoms with Crippen molar-refractivity contribution in [3.05, 3.63) is 35.4 Å². The second-order valence-corrected chi connectivity index (χ2v) is 5.06. The minimum absolute atomic E-state index is 0.237. The van der Waals surface area contributed by atoms with Gasteiger partial charge in [0.25, 0.3) is 0 Å². The van der Waals surface area contributed by atoms with Crippen LogP contribution in [0.1, 0.15) is 31.9 Å². The van der Waals surface area contributed by atoms with E-state index in [0.717, 1.165) is 11.1 Å². The Bertz CT molecular complexity index is 396. The summed E-state index contributed by atoms with van der Waals surface area (Å²) in [5.74, 6) is -0.237. The van der Waals surface area contributed by atoms with Gasteiger partial charge in [-0.25, -0.2) is 0 Å². The van der Waals surface area contributed by atoms with Crippen molar-refractivity contribution in [2.24, 2.45) is 0 Å². The molecular weight excluding hydrogens is 230 g/mol. The van der Waals surface area contributed by atoms with E-state index in [4.69, 9.17) is 4.84 Å². The van der Waals surface area contributed by atoms with E-state index in [1.807, 2.05) is 45.0 Å². The Balaban J connectivity index is 2.62. The molecule has 0 amide bonds. The Morgan fingerprint density at radius 3 is 2.39 bits per heavy atom. The van der Waals surface area contributed by atoms with Crippen LogP contribution >= 0.6 is 0 Å². The van der Waals surface area contributed by atoms with E-state index in [0.29, 0.717) is 6.54 Å². The number of carbonyl (C=O) groups excluding carboxylic acids is 1. The quantitative estimate of drug-likeness (QED) is 0.644. The van der Waals surface area contributed by atoms with Crippen molar-refractivity contribution in [1.82, 2.24) is 5.48 Å². The molecule has 1 N–H and O–H groups in total.